The van der Waals surface area contributed by atoms with Crippen LogP contribution in [0.3, 0.4) is 0 Å². The lowest BCUT2D eigenvalue weighted by molar-refractivity contribution is 0.281. The second kappa shape index (κ2) is 6.39. The number of aromatic nitrogens is 2. The largest absolute Gasteiger partial charge is 0.310 e. The smallest absolute Gasteiger partial charge is 0.258 e. The average molecular weight is 285 g/mol. The van der Waals surface area contributed by atoms with E-state index in [1.54, 1.807) is 0 Å². The maximum absolute atomic E-state index is 12.0. The van der Waals surface area contributed by atoms with Gasteiger partial charge < -0.3 is 10.3 Å². The Kier molecular flexibility index (Phi) is 4.34. The molecule has 0 saturated heterocycles. The third-order valence-corrected chi connectivity index (χ3v) is 4.52. The summed E-state index contributed by atoms with van der Waals surface area (Å²) in [4.78, 5) is 19.4. The summed E-state index contributed by atoms with van der Waals surface area (Å²) >= 11 is 0. The zero-order valence-corrected chi connectivity index (χ0v) is 12.6. The minimum absolute atomic E-state index is 0.0520. The second-order valence-corrected chi connectivity index (χ2v) is 6.29. The monoisotopic (exact) mass is 285 g/mol. The van der Waals surface area contributed by atoms with Crippen LogP contribution in [0.4, 0.5) is 0 Å². The number of hydrogen-bond donors (Lipinski definition) is 2. The number of rotatable bonds is 4. The van der Waals surface area contributed by atoms with Gasteiger partial charge in [0.2, 0.25) is 0 Å². The molecule has 0 bridgehead atoms. The van der Waals surface area contributed by atoms with Crippen LogP contribution in [0.25, 0.3) is 10.9 Å². The number of nitrogens with one attached hydrogen (secondary N) is 2. The third kappa shape index (κ3) is 3.50. The normalized spacial score (nSPS) is 22.5. The van der Waals surface area contributed by atoms with Crippen molar-refractivity contribution in [2.45, 2.75) is 39.2 Å². The van der Waals surface area contributed by atoms with Crippen LogP contribution >= 0.6 is 0 Å². The highest BCUT2D eigenvalue weighted by atomic mass is 16.1. The van der Waals surface area contributed by atoms with Crippen LogP contribution in [0.5, 0.6) is 0 Å². The zero-order valence-electron chi connectivity index (χ0n) is 12.6. The van der Waals surface area contributed by atoms with Gasteiger partial charge in [0, 0.05) is 0 Å². The lowest BCUT2D eigenvalue weighted by Gasteiger charge is -2.26. The van der Waals surface area contributed by atoms with Gasteiger partial charge in [0.15, 0.2) is 0 Å². The number of aromatic amines is 1. The predicted molar refractivity (Wildman–Crippen MR) is 85.2 cm³/mol. The fraction of sp³-hybridized carbons (Fsp3) is 0.529. The van der Waals surface area contributed by atoms with Gasteiger partial charge in [-0.1, -0.05) is 31.9 Å². The first-order valence-electron chi connectivity index (χ1n) is 7.91. The zero-order chi connectivity index (χ0) is 14.7. The molecular weight excluding hydrogens is 262 g/mol. The predicted octanol–water partition coefficient (Wildman–Crippen LogP) is 2.84. The van der Waals surface area contributed by atoms with Crippen molar-refractivity contribution >= 4 is 10.9 Å². The quantitative estimate of drug-likeness (QED) is 0.908. The van der Waals surface area contributed by atoms with E-state index in [1.165, 1.54) is 25.7 Å². The molecule has 1 heterocycles. The Hall–Kier alpha value is -1.68. The lowest BCUT2D eigenvalue weighted by Crippen LogP contribution is -2.27. The van der Waals surface area contributed by atoms with Crippen molar-refractivity contribution < 1.29 is 0 Å². The second-order valence-electron chi connectivity index (χ2n) is 6.29. The van der Waals surface area contributed by atoms with Gasteiger partial charge in [-0.3, -0.25) is 4.79 Å². The molecule has 4 heteroatoms. The molecule has 0 amide bonds. The van der Waals surface area contributed by atoms with Crippen LogP contribution in [0, 0.1) is 11.8 Å². The Balaban J connectivity index is 1.59. The molecule has 2 N–H and O–H groups in total. The molecule has 0 atom stereocenters. The number of para-hydroxylation sites is 1. The molecule has 0 unspecified atom stereocenters. The Morgan fingerprint density at radius 3 is 2.81 bits per heavy atom. The van der Waals surface area contributed by atoms with Gasteiger partial charge in [0.05, 0.1) is 17.4 Å². The van der Waals surface area contributed by atoms with Gasteiger partial charge in [-0.15, -0.1) is 0 Å². The molecule has 0 radical (unpaired) electrons. The van der Waals surface area contributed by atoms with Crippen LogP contribution in [0.15, 0.2) is 29.1 Å². The van der Waals surface area contributed by atoms with Crippen LogP contribution in [-0.4, -0.2) is 16.5 Å². The standard InChI is InChI=1S/C17H23N3O/c1-12-6-8-13(9-7-12)10-18-11-16-19-15-5-3-2-4-14(15)17(21)20-16/h2-5,12-13,18H,6-11H2,1H3,(H,19,20,21). The number of fused-ring (bicyclic) bond motifs is 1. The maximum atomic E-state index is 12.0. The number of benzene rings is 1. The molecule has 2 aromatic rings. The van der Waals surface area contributed by atoms with Gasteiger partial charge in [0.25, 0.3) is 5.56 Å². The van der Waals surface area contributed by atoms with Crippen molar-refractivity contribution in [1.82, 2.24) is 15.3 Å². The van der Waals surface area contributed by atoms with Crippen molar-refractivity contribution in [3.63, 3.8) is 0 Å². The highest BCUT2D eigenvalue weighted by molar-refractivity contribution is 5.77. The van der Waals surface area contributed by atoms with Crippen LogP contribution in [-0.2, 0) is 6.54 Å². The van der Waals surface area contributed by atoms with Crippen molar-refractivity contribution in [3.05, 3.63) is 40.4 Å². The van der Waals surface area contributed by atoms with Crippen LogP contribution < -0.4 is 10.9 Å². The first-order valence-corrected chi connectivity index (χ1v) is 7.91. The van der Waals surface area contributed by atoms with Gasteiger partial charge in [0.1, 0.15) is 5.82 Å². The topological polar surface area (TPSA) is 57.8 Å². The van der Waals surface area contributed by atoms with E-state index >= 15 is 0 Å². The number of H-pyrrole nitrogens is 1. The SMILES string of the molecule is CC1CCC(CNCc2nc3ccccc3c(=O)[nH]2)CC1. The van der Waals surface area contributed by atoms with E-state index in [1.807, 2.05) is 24.3 Å². The van der Waals surface area contributed by atoms with Gasteiger partial charge in [-0.2, -0.15) is 0 Å². The summed E-state index contributed by atoms with van der Waals surface area (Å²) in [6.07, 6.45) is 5.32. The summed E-state index contributed by atoms with van der Waals surface area (Å²) in [5, 5.41) is 4.10. The number of hydrogen-bond acceptors (Lipinski definition) is 3. The molecule has 1 aliphatic rings. The van der Waals surface area contributed by atoms with Gasteiger partial charge >= 0.3 is 0 Å². The molecule has 1 aromatic heterocycles. The summed E-state index contributed by atoms with van der Waals surface area (Å²) in [6.45, 7) is 3.99. The summed E-state index contributed by atoms with van der Waals surface area (Å²) in [6, 6.07) is 7.47. The summed E-state index contributed by atoms with van der Waals surface area (Å²) < 4.78 is 0. The Labute approximate surface area is 125 Å². The Morgan fingerprint density at radius 2 is 2.00 bits per heavy atom. The third-order valence-electron chi connectivity index (χ3n) is 4.52. The molecule has 1 aliphatic carbocycles. The molecule has 3 rings (SSSR count). The molecule has 4 nitrogen and oxygen atoms in total. The Morgan fingerprint density at radius 1 is 1.24 bits per heavy atom. The molecule has 1 fully saturated rings. The first-order chi connectivity index (χ1) is 10.2. The average Bonchev–Trinajstić information content (AvgIpc) is 2.49. The van der Waals surface area contributed by atoms with Crippen LogP contribution in [0.1, 0.15) is 38.4 Å². The molecule has 21 heavy (non-hydrogen) atoms. The van der Waals surface area contributed by atoms with Gasteiger partial charge in [-0.25, -0.2) is 4.98 Å². The maximum Gasteiger partial charge on any atom is 0.258 e. The molecule has 1 saturated carbocycles. The minimum atomic E-state index is -0.0520. The number of nitrogens with zero attached hydrogens (tertiary/aromatic N) is 1. The van der Waals surface area contributed by atoms with E-state index < -0.39 is 0 Å². The van der Waals surface area contributed by atoms with E-state index in [-0.39, 0.29) is 5.56 Å². The minimum Gasteiger partial charge on any atom is -0.310 e. The fourth-order valence-corrected chi connectivity index (χ4v) is 3.15. The summed E-state index contributed by atoms with van der Waals surface area (Å²) in [5.41, 5.74) is 0.716. The summed E-state index contributed by atoms with van der Waals surface area (Å²) in [5.74, 6) is 2.39. The van der Waals surface area contributed by atoms with Crippen molar-refractivity contribution in [3.8, 4) is 0 Å². The fourth-order valence-electron chi connectivity index (χ4n) is 3.15. The molecule has 112 valence electrons. The van der Waals surface area contributed by atoms with Gasteiger partial charge in [-0.05, 0) is 43.4 Å². The highest BCUT2D eigenvalue weighted by Gasteiger charge is 2.17. The van der Waals surface area contributed by atoms with E-state index in [2.05, 4.69) is 22.2 Å². The Bertz CT molecular complexity index is 656. The highest BCUT2D eigenvalue weighted by Crippen LogP contribution is 2.27. The van der Waals surface area contributed by atoms with Crippen LogP contribution in [0.2, 0.25) is 0 Å². The van der Waals surface area contributed by atoms with E-state index in [4.69, 9.17) is 0 Å². The molecule has 1 aromatic carbocycles. The van der Waals surface area contributed by atoms with Crippen molar-refractivity contribution in [2.75, 3.05) is 6.54 Å². The van der Waals surface area contributed by atoms with Crippen molar-refractivity contribution in [1.29, 1.82) is 0 Å². The first kappa shape index (κ1) is 14.3. The lowest BCUT2D eigenvalue weighted by atomic mass is 9.83. The molecule has 0 spiro atoms. The molecule has 0 aliphatic heterocycles. The van der Waals surface area contributed by atoms with E-state index in [9.17, 15) is 4.79 Å². The summed E-state index contributed by atoms with van der Waals surface area (Å²) in [7, 11) is 0. The van der Waals surface area contributed by atoms with E-state index in [0.717, 1.165) is 29.7 Å². The molecular formula is C17H23N3O. The van der Waals surface area contributed by atoms with Crippen molar-refractivity contribution in [2.24, 2.45) is 11.8 Å². The van der Waals surface area contributed by atoms with E-state index in [0.29, 0.717) is 11.9 Å².